The van der Waals surface area contributed by atoms with E-state index >= 15 is 0 Å². The molecule has 0 N–H and O–H groups in total. The second kappa shape index (κ2) is 12.6. The molecule has 0 aromatic heterocycles. The van der Waals surface area contributed by atoms with Crippen LogP contribution in [0.15, 0.2) is 103 Å². The number of hydrogen-bond acceptors (Lipinski definition) is 5. The van der Waals surface area contributed by atoms with Crippen LogP contribution in [0.2, 0.25) is 13.1 Å². The average molecular weight is 606 g/mol. The van der Waals surface area contributed by atoms with E-state index in [9.17, 15) is 9.59 Å². The molecule has 8 heteroatoms. The van der Waals surface area contributed by atoms with Gasteiger partial charge < -0.3 is 9.16 Å². The van der Waals surface area contributed by atoms with Crippen LogP contribution < -0.4 is 15.9 Å². The van der Waals surface area contributed by atoms with Gasteiger partial charge in [0.1, 0.15) is 5.42 Å². The SMILES string of the molecule is C=C(C)OC(=O)C(N1C(=O)[C@H](C(O[SiH](C)C)C(C)(C)C)[C@H]1S)=P(c1ccccc1)(c1ccccc1)c1ccccc1. The molecule has 216 valence electrons. The minimum Gasteiger partial charge on any atom is -0.427 e. The maximum absolute atomic E-state index is 14.4. The predicted octanol–water partition coefficient (Wildman–Crippen LogP) is 5.32. The van der Waals surface area contributed by atoms with Crippen LogP contribution in [0, 0.1) is 11.3 Å². The zero-order valence-corrected chi connectivity index (χ0v) is 27.6. The fourth-order valence-electron chi connectivity index (χ4n) is 5.50. The van der Waals surface area contributed by atoms with Crippen LogP contribution in [0.5, 0.6) is 0 Å². The van der Waals surface area contributed by atoms with Gasteiger partial charge in [-0.1, -0.05) is 118 Å². The van der Waals surface area contributed by atoms with E-state index in [1.807, 2.05) is 91.0 Å². The molecule has 1 aliphatic rings. The Bertz CT molecular complexity index is 1350. The van der Waals surface area contributed by atoms with Gasteiger partial charge in [-0.25, -0.2) is 4.79 Å². The van der Waals surface area contributed by atoms with Crippen LogP contribution in [-0.4, -0.2) is 42.7 Å². The highest BCUT2D eigenvalue weighted by atomic mass is 32.1. The molecule has 1 saturated heterocycles. The van der Waals surface area contributed by atoms with Gasteiger partial charge in [-0.3, -0.25) is 9.69 Å². The molecule has 0 aliphatic carbocycles. The third-order valence-corrected chi connectivity index (χ3v) is 12.8. The van der Waals surface area contributed by atoms with Gasteiger partial charge in [-0.2, -0.15) is 12.6 Å². The lowest BCUT2D eigenvalue weighted by molar-refractivity contribution is -0.155. The molecule has 4 rings (SSSR count). The first kappa shape index (κ1) is 31.1. The van der Waals surface area contributed by atoms with Crippen LogP contribution >= 0.6 is 19.5 Å². The lowest BCUT2D eigenvalue weighted by Crippen LogP contribution is -2.68. The second-order valence-corrected chi connectivity index (χ2v) is 17.9. The lowest BCUT2D eigenvalue weighted by Gasteiger charge is -2.52. The van der Waals surface area contributed by atoms with Gasteiger partial charge in [0.15, 0.2) is 9.04 Å². The van der Waals surface area contributed by atoms with Crippen LogP contribution in [-0.2, 0) is 18.8 Å². The number of esters is 1. The highest BCUT2D eigenvalue weighted by Gasteiger charge is 2.57. The standard InChI is InChI=1S/C33H40NO4PSSi/c1-23(2)37-32(36)30(34-29(35)27(31(34)40)28(33(3,4)5)38-41(6)7)39(24-17-11-8-12-18-24,25-19-13-9-14-20-25)26-21-15-10-16-22-26/h8-22,27-28,31,40-41H,1H2,2-7H3/t27-,28?,31+/m0/s1. The largest absolute Gasteiger partial charge is 0.427 e. The number of nitrogens with zero attached hydrogens (tertiary/aromatic N) is 1. The first-order chi connectivity index (χ1) is 19.4. The molecule has 1 aliphatic heterocycles. The number of benzene rings is 3. The van der Waals surface area contributed by atoms with E-state index in [2.05, 4.69) is 40.4 Å². The minimum absolute atomic E-state index is 0.180. The summed E-state index contributed by atoms with van der Waals surface area (Å²) in [4.78, 5) is 30.3. The van der Waals surface area contributed by atoms with Crippen molar-refractivity contribution >= 4 is 61.8 Å². The first-order valence-electron chi connectivity index (χ1n) is 13.9. The van der Waals surface area contributed by atoms with Crippen molar-refractivity contribution in [1.29, 1.82) is 0 Å². The maximum Gasteiger partial charge on any atom is 0.361 e. The van der Waals surface area contributed by atoms with Gasteiger partial charge in [0.2, 0.25) is 5.91 Å². The van der Waals surface area contributed by atoms with Crippen LogP contribution in [0.4, 0.5) is 0 Å². The van der Waals surface area contributed by atoms with Crippen molar-refractivity contribution in [3.8, 4) is 0 Å². The van der Waals surface area contributed by atoms with E-state index in [0.29, 0.717) is 5.42 Å². The van der Waals surface area contributed by atoms with Crippen molar-refractivity contribution in [3.05, 3.63) is 103 Å². The smallest absolute Gasteiger partial charge is 0.361 e. The summed E-state index contributed by atoms with van der Waals surface area (Å²) in [7, 11) is -1.49. The Hall–Kier alpha value is -2.83. The first-order valence-corrected chi connectivity index (χ1v) is 19.0. The summed E-state index contributed by atoms with van der Waals surface area (Å²) in [6.45, 7) is 13.0. The summed E-state index contributed by atoms with van der Waals surface area (Å²) in [6, 6.07) is 29.8. The Labute approximate surface area is 251 Å². The number of carbonyl (C=O) groups is 2. The summed E-state index contributed by atoms with van der Waals surface area (Å²) in [6.07, 6.45) is -0.336. The van der Waals surface area contributed by atoms with Crippen LogP contribution in [0.1, 0.15) is 27.7 Å². The molecule has 41 heavy (non-hydrogen) atoms. The number of hydrogen-bond donors (Lipinski definition) is 1. The van der Waals surface area contributed by atoms with Crippen molar-refractivity contribution in [2.45, 2.75) is 52.3 Å². The second-order valence-electron chi connectivity index (χ2n) is 11.7. The summed E-state index contributed by atoms with van der Waals surface area (Å²) in [5, 5.41) is 2.21. The number of ether oxygens (including phenoxy) is 1. The number of thiol groups is 1. The molecule has 3 aromatic rings. The van der Waals surface area contributed by atoms with Gasteiger partial charge in [-0.05, 0) is 41.3 Å². The van der Waals surface area contributed by atoms with E-state index in [1.54, 1.807) is 11.8 Å². The summed E-state index contributed by atoms with van der Waals surface area (Å²) >= 11 is 5.03. The summed E-state index contributed by atoms with van der Waals surface area (Å²) < 4.78 is 12.2. The molecule has 0 saturated carbocycles. The average Bonchev–Trinajstić information content (AvgIpc) is 2.93. The van der Waals surface area contributed by atoms with Crippen LogP contribution in [0.25, 0.3) is 0 Å². The van der Waals surface area contributed by atoms with E-state index in [0.717, 1.165) is 15.9 Å². The van der Waals surface area contributed by atoms with Gasteiger partial charge >= 0.3 is 5.97 Å². The topological polar surface area (TPSA) is 55.8 Å². The molecule has 5 nitrogen and oxygen atoms in total. The zero-order valence-electron chi connectivity index (χ0n) is 24.7. The maximum atomic E-state index is 14.4. The van der Waals surface area contributed by atoms with Crippen molar-refractivity contribution < 1.29 is 18.8 Å². The lowest BCUT2D eigenvalue weighted by atomic mass is 9.77. The Kier molecular flexibility index (Phi) is 9.55. The third-order valence-electron chi connectivity index (χ3n) is 7.13. The number of allylic oxidation sites excluding steroid dienone is 1. The molecule has 1 fully saturated rings. The van der Waals surface area contributed by atoms with Crippen LogP contribution in [0.3, 0.4) is 0 Å². The normalized spacial score (nSPS) is 18.0. The van der Waals surface area contributed by atoms with Gasteiger partial charge in [0, 0.05) is 6.89 Å². The Morgan fingerprint density at radius 3 is 1.63 bits per heavy atom. The Balaban J connectivity index is 2.12. The number of likely N-dealkylation sites (tertiary alicyclic amines) is 1. The molecule has 0 bridgehead atoms. The zero-order chi connectivity index (χ0) is 29.9. The minimum atomic E-state index is -2.97. The van der Waals surface area contributed by atoms with E-state index < -0.39 is 33.2 Å². The molecular weight excluding hydrogens is 565 g/mol. The van der Waals surface area contributed by atoms with Crippen molar-refractivity contribution in [2.75, 3.05) is 0 Å². The fraction of sp³-hybridized carbons (Fsp3) is 0.303. The molecule has 1 heterocycles. The number of carbonyl (C=O) groups excluding carboxylic acids is 2. The molecule has 3 aromatic carbocycles. The fourth-order valence-corrected chi connectivity index (χ4v) is 11.6. The summed E-state index contributed by atoms with van der Waals surface area (Å²) in [5.41, 5.74) is -0.00657. The van der Waals surface area contributed by atoms with Gasteiger partial charge in [0.05, 0.1) is 23.2 Å². The number of amides is 1. The quantitative estimate of drug-likeness (QED) is 0.0897. The highest BCUT2D eigenvalue weighted by molar-refractivity contribution is 7.96. The molecular formula is C33H40NO4PSSi. The van der Waals surface area contributed by atoms with Crippen molar-refractivity contribution in [3.63, 3.8) is 0 Å². The van der Waals surface area contributed by atoms with Crippen molar-refractivity contribution in [1.82, 2.24) is 4.90 Å². The molecule has 3 atom stereocenters. The highest BCUT2D eigenvalue weighted by Crippen LogP contribution is 2.51. The predicted molar refractivity (Wildman–Crippen MR) is 177 cm³/mol. The monoisotopic (exact) mass is 605 g/mol. The number of β-lactam (4-membered cyclic amide) rings is 1. The van der Waals surface area contributed by atoms with E-state index in [4.69, 9.17) is 21.8 Å². The number of rotatable bonds is 9. The molecule has 1 unspecified atom stereocenters. The molecule has 0 radical (unpaired) electrons. The Morgan fingerprint density at radius 2 is 1.32 bits per heavy atom. The van der Waals surface area contributed by atoms with Gasteiger partial charge in [-0.15, -0.1) is 0 Å². The third kappa shape index (κ3) is 6.05. The van der Waals surface area contributed by atoms with Crippen molar-refractivity contribution in [2.24, 2.45) is 11.3 Å². The van der Waals surface area contributed by atoms with E-state index in [-0.39, 0.29) is 23.2 Å². The molecule has 0 spiro atoms. The van der Waals surface area contributed by atoms with E-state index in [1.165, 1.54) is 0 Å². The molecule has 1 amide bonds. The summed E-state index contributed by atoms with van der Waals surface area (Å²) in [5.74, 6) is -1.04. The Morgan fingerprint density at radius 1 is 0.902 bits per heavy atom. The van der Waals surface area contributed by atoms with Gasteiger partial charge in [0.25, 0.3) is 0 Å².